The molecule has 0 heteroatoms. The van der Waals surface area contributed by atoms with Gasteiger partial charge in [0.25, 0.3) is 0 Å². The van der Waals surface area contributed by atoms with E-state index in [4.69, 9.17) is 0 Å². The third kappa shape index (κ3) is 8.52. The van der Waals surface area contributed by atoms with E-state index in [2.05, 4.69) is 56.3 Å². The fourth-order valence-corrected chi connectivity index (χ4v) is 2.56. The van der Waals surface area contributed by atoms with E-state index in [1.54, 1.807) is 0 Å². The zero-order valence-electron chi connectivity index (χ0n) is 14.4. The van der Waals surface area contributed by atoms with Crippen molar-refractivity contribution in [3.63, 3.8) is 0 Å². The third-order valence-corrected chi connectivity index (χ3v) is 4.06. The maximum atomic E-state index is 2.36. The van der Waals surface area contributed by atoms with Gasteiger partial charge in [-0.25, -0.2) is 0 Å². The van der Waals surface area contributed by atoms with Crippen LogP contribution < -0.4 is 0 Å². The largest absolute Gasteiger partial charge is 0.0776 e. The Morgan fingerprint density at radius 3 is 1.75 bits per heavy atom. The van der Waals surface area contributed by atoms with Gasteiger partial charge in [-0.3, -0.25) is 0 Å². The molecule has 1 fully saturated rings. The second-order valence-electron chi connectivity index (χ2n) is 5.59. The highest BCUT2D eigenvalue weighted by Gasteiger charge is 2.19. The molecule has 1 saturated carbocycles. The Bertz CT molecular complexity index is 492. The highest BCUT2D eigenvalue weighted by molar-refractivity contribution is 5.83. The molecule has 0 N–H and O–H groups in total. The second kappa shape index (κ2) is 16.6. The van der Waals surface area contributed by atoms with Crippen LogP contribution in [0.25, 0.3) is 10.8 Å². The van der Waals surface area contributed by atoms with Gasteiger partial charge in [0.1, 0.15) is 0 Å². The van der Waals surface area contributed by atoms with Crippen molar-refractivity contribution in [1.82, 2.24) is 0 Å². The first kappa shape index (κ1) is 27.5. The molecule has 2 aromatic rings. The molecule has 0 amide bonds. The summed E-state index contributed by atoms with van der Waals surface area (Å²) in [6.07, 6.45) is 8.27. The number of hydrogen-bond donors (Lipinski definition) is 0. The van der Waals surface area contributed by atoms with Crippen molar-refractivity contribution in [3.8, 4) is 0 Å². The standard InChI is InChI=1S/C14H14.C5H12.C2H6.3CH4/c1-2-5-13-10-14(11-6-3-7-11)9-8-12(13)4-1;1-3-5-4-2;1-2;;;/h1-2,4-5,8-11H,3,6-7H2;3-5H2,1-2H3;1-2H3;3*1H4. The number of hydrogen-bond acceptors (Lipinski definition) is 0. The van der Waals surface area contributed by atoms with E-state index in [1.165, 1.54) is 54.9 Å². The van der Waals surface area contributed by atoms with Gasteiger partial charge < -0.3 is 0 Å². The highest BCUT2D eigenvalue weighted by atomic mass is 14.2. The molecule has 0 atom stereocenters. The van der Waals surface area contributed by atoms with Gasteiger partial charge in [0.15, 0.2) is 0 Å². The summed E-state index contributed by atoms with van der Waals surface area (Å²) < 4.78 is 0. The van der Waals surface area contributed by atoms with Gasteiger partial charge in [-0.1, -0.05) is 118 Å². The summed E-state index contributed by atoms with van der Waals surface area (Å²) in [4.78, 5) is 0. The normalized spacial score (nSPS) is 11.8. The molecular weight excluding hydrogens is 288 g/mol. The fraction of sp³-hybridized carbons (Fsp3) is 0.583. The first-order chi connectivity index (χ1) is 10.3. The maximum absolute atomic E-state index is 2.36. The van der Waals surface area contributed by atoms with Gasteiger partial charge in [0.05, 0.1) is 0 Å². The van der Waals surface area contributed by atoms with E-state index in [9.17, 15) is 0 Å². The quantitative estimate of drug-likeness (QED) is 0.525. The summed E-state index contributed by atoms with van der Waals surface area (Å²) in [6, 6.07) is 15.5. The van der Waals surface area contributed by atoms with Gasteiger partial charge in [-0.05, 0) is 35.1 Å². The molecule has 0 heterocycles. The van der Waals surface area contributed by atoms with Gasteiger partial charge in [0.2, 0.25) is 0 Å². The lowest BCUT2D eigenvalue weighted by Crippen LogP contribution is -2.08. The van der Waals surface area contributed by atoms with Crippen LogP contribution in [0.2, 0.25) is 0 Å². The molecule has 0 radical (unpaired) electrons. The van der Waals surface area contributed by atoms with E-state index in [-0.39, 0.29) is 22.3 Å². The molecule has 1 aliphatic carbocycles. The van der Waals surface area contributed by atoms with Crippen LogP contribution in [-0.4, -0.2) is 0 Å². The minimum Gasteiger partial charge on any atom is -0.0776 e. The smallest absolute Gasteiger partial charge is 0.0162 e. The Morgan fingerprint density at radius 1 is 0.792 bits per heavy atom. The summed E-state index contributed by atoms with van der Waals surface area (Å²) in [5.74, 6) is 0.847. The van der Waals surface area contributed by atoms with Crippen LogP contribution in [0.5, 0.6) is 0 Å². The lowest BCUT2D eigenvalue weighted by molar-refractivity contribution is 0.420. The summed E-state index contributed by atoms with van der Waals surface area (Å²) in [7, 11) is 0. The number of rotatable bonds is 3. The van der Waals surface area contributed by atoms with E-state index in [0.29, 0.717) is 0 Å². The fourth-order valence-electron chi connectivity index (χ4n) is 2.56. The van der Waals surface area contributed by atoms with Gasteiger partial charge in [0, 0.05) is 0 Å². The highest BCUT2D eigenvalue weighted by Crippen LogP contribution is 2.37. The van der Waals surface area contributed by atoms with Crippen molar-refractivity contribution < 1.29 is 0 Å². The molecule has 0 saturated heterocycles. The minimum absolute atomic E-state index is 0. The van der Waals surface area contributed by atoms with Gasteiger partial charge in [-0.2, -0.15) is 0 Å². The molecule has 140 valence electrons. The zero-order valence-corrected chi connectivity index (χ0v) is 14.4. The number of fused-ring (bicyclic) bond motifs is 1. The van der Waals surface area contributed by atoms with E-state index >= 15 is 0 Å². The molecular formula is C24H44. The molecule has 0 aliphatic heterocycles. The van der Waals surface area contributed by atoms with Crippen molar-refractivity contribution in [1.29, 1.82) is 0 Å². The molecule has 0 bridgehead atoms. The van der Waals surface area contributed by atoms with Crippen LogP contribution >= 0.6 is 0 Å². The third-order valence-electron chi connectivity index (χ3n) is 4.06. The predicted octanol–water partition coefficient (Wildman–Crippen LogP) is 9.24. The lowest BCUT2D eigenvalue weighted by Gasteiger charge is -2.25. The SMILES string of the molecule is C.C.C.CC.CCCCC.c1ccc2cc(C3CCC3)ccc2c1. The van der Waals surface area contributed by atoms with Crippen molar-refractivity contribution in [2.75, 3.05) is 0 Å². The Balaban J connectivity index is -0.000000390. The molecule has 2 aromatic carbocycles. The summed E-state index contributed by atoms with van der Waals surface area (Å²) in [5, 5.41) is 2.74. The van der Waals surface area contributed by atoms with E-state index in [1.807, 2.05) is 13.8 Å². The molecule has 0 spiro atoms. The first-order valence-electron chi connectivity index (χ1n) is 8.83. The van der Waals surface area contributed by atoms with Crippen molar-refractivity contribution in [2.24, 2.45) is 0 Å². The molecule has 3 rings (SSSR count). The van der Waals surface area contributed by atoms with Gasteiger partial charge in [-0.15, -0.1) is 0 Å². The summed E-state index contributed by atoms with van der Waals surface area (Å²) in [5.41, 5.74) is 1.54. The van der Waals surface area contributed by atoms with Crippen LogP contribution in [0, 0.1) is 0 Å². The molecule has 0 nitrogen and oxygen atoms in total. The lowest BCUT2D eigenvalue weighted by atomic mass is 9.79. The van der Waals surface area contributed by atoms with Crippen molar-refractivity contribution >= 4 is 10.8 Å². The number of unbranched alkanes of at least 4 members (excludes halogenated alkanes) is 2. The summed E-state index contributed by atoms with van der Waals surface area (Å²) >= 11 is 0. The van der Waals surface area contributed by atoms with E-state index < -0.39 is 0 Å². The molecule has 0 unspecified atom stereocenters. The average Bonchev–Trinajstić information content (AvgIpc) is 2.49. The zero-order chi connectivity index (χ0) is 15.5. The first-order valence-corrected chi connectivity index (χ1v) is 8.83. The van der Waals surface area contributed by atoms with Crippen LogP contribution in [-0.2, 0) is 0 Å². The summed E-state index contributed by atoms with van der Waals surface area (Å²) in [6.45, 7) is 8.42. The monoisotopic (exact) mass is 332 g/mol. The molecule has 24 heavy (non-hydrogen) atoms. The van der Waals surface area contributed by atoms with Crippen LogP contribution in [0.15, 0.2) is 42.5 Å². The average molecular weight is 333 g/mol. The predicted molar refractivity (Wildman–Crippen MR) is 117 cm³/mol. The second-order valence-corrected chi connectivity index (χ2v) is 5.59. The van der Waals surface area contributed by atoms with Crippen LogP contribution in [0.4, 0.5) is 0 Å². The van der Waals surface area contributed by atoms with Crippen LogP contribution in [0.3, 0.4) is 0 Å². The Hall–Kier alpha value is -1.30. The maximum Gasteiger partial charge on any atom is -0.0162 e. The Morgan fingerprint density at radius 2 is 1.33 bits per heavy atom. The topological polar surface area (TPSA) is 0 Å². The van der Waals surface area contributed by atoms with Gasteiger partial charge >= 0.3 is 0 Å². The van der Waals surface area contributed by atoms with Crippen molar-refractivity contribution in [2.45, 2.75) is 94.4 Å². The number of benzene rings is 2. The molecule has 1 aliphatic rings. The van der Waals surface area contributed by atoms with Crippen LogP contribution in [0.1, 0.15) is 100.0 Å². The molecule has 0 aromatic heterocycles. The minimum atomic E-state index is 0. The van der Waals surface area contributed by atoms with Crippen molar-refractivity contribution in [3.05, 3.63) is 48.0 Å². The van der Waals surface area contributed by atoms with E-state index in [0.717, 1.165) is 5.92 Å². The Kier molecular flexibility index (Phi) is 19.0. The Labute approximate surface area is 153 Å².